The summed E-state index contributed by atoms with van der Waals surface area (Å²) in [5.41, 5.74) is 0.999. The van der Waals surface area contributed by atoms with Gasteiger partial charge >= 0.3 is 0 Å². The fraction of sp³-hybridized carbons (Fsp3) is 0.538. The van der Waals surface area contributed by atoms with E-state index in [1.807, 2.05) is 4.90 Å². The fourth-order valence-electron chi connectivity index (χ4n) is 2.37. The van der Waals surface area contributed by atoms with Gasteiger partial charge < -0.3 is 5.32 Å². The summed E-state index contributed by atoms with van der Waals surface area (Å²) in [5, 5.41) is 3.22. The minimum absolute atomic E-state index is 0. The van der Waals surface area contributed by atoms with Gasteiger partial charge in [0.25, 0.3) is 0 Å². The number of nitrogens with one attached hydrogen (secondary N) is 1. The molecule has 1 atom stereocenters. The first-order valence-corrected chi connectivity index (χ1v) is 6.89. The molecule has 0 saturated carbocycles. The number of benzene rings is 1. The van der Waals surface area contributed by atoms with Crippen molar-refractivity contribution in [3.63, 3.8) is 0 Å². The molecule has 0 amide bonds. The van der Waals surface area contributed by atoms with E-state index in [0.717, 1.165) is 30.7 Å². The van der Waals surface area contributed by atoms with Gasteiger partial charge in [0.2, 0.25) is 0 Å². The van der Waals surface area contributed by atoms with Gasteiger partial charge in [-0.1, -0.05) is 15.9 Å². The molecule has 6 heteroatoms. The Bertz CT molecular complexity index is 425. The third-order valence-electron chi connectivity index (χ3n) is 3.34. The van der Waals surface area contributed by atoms with Crippen LogP contribution in [0.3, 0.4) is 0 Å². The summed E-state index contributed by atoms with van der Waals surface area (Å²) in [7, 11) is 0. The lowest BCUT2D eigenvalue weighted by Gasteiger charge is -2.34. The average Bonchev–Trinajstić information content (AvgIpc) is 2.37. The van der Waals surface area contributed by atoms with Crippen molar-refractivity contribution in [3.05, 3.63) is 33.5 Å². The zero-order valence-corrected chi connectivity index (χ0v) is 13.2. The van der Waals surface area contributed by atoms with Gasteiger partial charge in [0.05, 0.1) is 6.04 Å². The predicted octanol–water partition coefficient (Wildman–Crippen LogP) is 3.23. The summed E-state index contributed by atoms with van der Waals surface area (Å²) in [6.07, 6.45) is 0. The van der Waals surface area contributed by atoms with Crippen molar-refractivity contribution in [2.45, 2.75) is 13.0 Å². The Morgan fingerprint density at radius 1 is 1.37 bits per heavy atom. The second-order valence-corrected chi connectivity index (χ2v) is 5.50. The molecule has 0 radical (unpaired) electrons. The van der Waals surface area contributed by atoms with Crippen LogP contribution in [0.1, 0.15) is 17.2 Å². The maximum absolute atomic E-state index is 14.1. The topological polar surface area (TPSA) is 15.3 Å². The van der Waals surface area contributed by atoms with Crippen molar-refractivity contribution in [1.29, 1.82) is 0 Å². The molecule has 19 heavy (non-hydrogen) atoms. The normalized spacial score (nSPS) is 17.9. The molecule has 1 heterocycles. The summed E-state index contributed by atoms with van der Waals surface area (Å²) in [5.74, 6) is -0.292. The maximum atomic E-state index is 14.1. The van der Waals surface area contributed by atoms with Gasteiger partial charge in [-0.25, -0.2) is 8.78 Å². The van der Waals surface area contributed by atoms with E-state index in [9.17, 15) is 8.78 Å². The number of nitrogens with zero attached hydrogens (tertiary/aromatic N) is 1. The Kier molecular flexibility index (Phi) is 6.66. The average molecular weight is 356 g/mol. The highest BCUT2D eigenvalue weighted by molar-refractivity contribution is 9.10. The van der Waals surface area contributed by atoms with E-state index >= 15 is 0 Å². The lowest BCUT2D eigenvalue weighted by Crippen LogP contribution is -2.45. The van der Waals surface area contributed by atoms with E-state index in [2.05, 4.69) is 21.2 Å². The highest BCUT2D eigenvalue weighted by atomic mass is 79.9. The Morgan fingerprint density at radius 2 is 2.00 bits per heavy atom. The molecule has 1 saturated heterocycles. The summed E-state index contributed by atoms with van der Waals surface area (Å²) in [6.45, 7) is 4.29. The van der Waals surface area contributed by atoms with Crippen LogP contribution in [-0.4, -0.2) is 37.8 Å². The minimum atomic E-state index is -0.563. The van der Waals surface area contributed by atoms with Crippen LogP contribution in [0.2, 0.25) is 0 Å². The fourth-order valence-corrected chi connectivity index (χ4v) is 2.96. The zero-order chi connectivity index (χ0) is 13.1. The van der Waals surface area contributed by atoms with Crippen molar-refractivity contribution in [2.24, 2.45) is 0 Å². The zero-order valence-electron chi connectivity index (χ0n) is 10.8. The van der Waals surface area contributed by atoms with Crippen molar-refractivity contribution in [2.75, 3.05) is 32.9 Å². The van der Waals surface area contributed by atoms with Gasteiger partial charge in [0.15, 0.2) is 0 Å². The Labute approximate surface area is 127 Å². The minimum Gasteiger partial charge on any atom is -0.314 e. The molecule has 0 spiro atoms. The molecule has 1 fully saturated rings. The lowest BCUT2D eigenvalue weighted by atomic mass is 10.0. The molecular formula is C13H18BrClF2N2. The molecule has 108 valence electrons. The Hall–Kier alpha value is -0.230. The lowest BCUT2D eigenvalue weighted by molar-refractivity contribution is 0.144. The summed E-state index contributed by atoms with van der Waals surface area (Å²) in [6, 6.07) is 2.92. The number of alkyl halides is 1. The molecular weight excluding hydrogens is 338 g/mol. The van der Waals surface area contributed by atoms with Crippen molar-refractivity contribution in [3.8, 4) is 0 Å². The molecule has 2 nitrogen and oxygen atoms in total. The molecule has 1 aliphatic heterocycles. The van der Waals surface area contributed by atoms with Crippen LogP contribution in [0, 0.1) is 12.7 Å². The third-order valence-corrected chi connectivity index (χ3v) is 3.80. The first-order chi connectivity index (χ1) is 8.63. The maximum Gasteiger partial charge on any atom is 0.131 e. The number of rotatable bonds is 3. The number of piperazine rings is 1. The second-order valence-electron chi connectivity index (χ2n) is 4.58. The van der Waals surface area contributed by atoms with Gasteiger partial charge in [-0.05, 0) is 24.6 Å². The molecule has 1 aliphatic rings. The molecule has 2 rings (SSSR count). The molecule has 0 unspecified atom stereocenters. The second kappa shape index (κ2) is 7.53. The summed E-state index contributed by atoms with van der Waals surface area (Å²) >= 11 is 3.35. The monoisotopic (exact) mass is 354 g/mol. The smallest absolute Gasteiger partial charge is 0.131 e. The quantitative estimate of drug-likeness (QED) is 0.895. The van der Waals surface area contributed by atoms with Crippen LogP contribution in [0.4, 0.5) is 8.78 Å². The largest absolute Gasteiger partial charge is 0.314 e. The van der Waals surface area contributed by atoms with Crippen LogP contribution in [-0.2, 0) is 0 Å². The third kappa shape index (κ3) is 3.88. The van der Waals surface area contributed by atoms with Crippen molar-refractivity contribution >= 4 is 28.3 Å². The molecule has 1 aromatic rings. The van der Waals surface area contributed by atoms with Crippen LogP contribution >= 0.6 is 28.3 Å². The van der Waals surface area contributed by atoms with E-state index < -0.39 is 12.7 Å². The number of hydrogen-bond acceptors (Lipinski definition) is 2. The van der Waals surface area contributed by atoms with Crippen molar-refractivity contribution < 1.29 is 8.78 Å². The first-order valence-electron chi connectivity index (χ1n) is 6.09. The van der Waals surface area contributed by atoms with Gasteiger partial charge in [-0.2, -0.15) is 0 Å². The highest BCUT2D eigenvalue weighted by Crippen LogP contribution is 2.29. The van der Waals surface area contributed by atoms with E-state index in [1.54, 1.807) is 19.1 Å². The predicted molar refractivity (Wildman–Crippen MR) is 79.2 cm³/mol. The molecule has 0 bridgehead atoms. The van der Waals surface area contributed by atoms with Crippen molar-refractivity contribution in [1.82, 2.24) is 10.2 Å². The van der Waals surface area contributed by atoms with Gasteiger partial charge in [0.1, 0.15) is 12.5 Å². The first kappa shape index (κ1) is 16.8. The Balaban J connectivity index is 0.00000180. The standard InChI is InChI=1S/C13H17BrF2N2.ClH/c1-9-6-10(14)7-11(13(9)16)12(8-15)18-4-2-17-3-5-18;/h6-7,12,17H,2-5,8H2,1H3;1H/t12-;/m0./s1. The van der Waals surface area contributed by atoms with E-state index in [4.69, 9.17) is 0 Å². The SMILES string of the molecule is Cc1cc(Br)cc([C@H](CF)N2CCNCC2)c1F.Cl. The van der Waals surface area contributed by atoms with Crippen LogP contribution in [0.15, 0.2) is 16.6 Å². The molecule has 1 N–H and O–H groups in total. The molecule has 0 aliphatic carbocycles. The van der Waals surface area contributed by atoms with E-state index in [1.165, 1.54) is 0 Å². The number of hydrogen-bond donors (Lipinski definition) is 1. The molecule has 0 aromatic heterocycles. The highest BCUT2D eigenvalue weighted by Gasteiger charge is 2.25. The van der Waals surface area contributed by atoms with Gasteiger partial charge in [-0.15, -0.1) is 12.4 Å². The van der Waals surface area contributed by atoms with E-state index in [0.29, 0.717) is 11.1 Å². The number of aryl methyl sites for hydroxylation is 1. The van der Waals surface area contributed by atoms with Crippen LogP contribution in [0.5, 0.6) is 0 Å². The Morgan fingerprint density at radius 3 is 2.58 bits per heavy atom. The number of halogens is 4. The van der Waals surface area contributed by atoms with Gasteiger partial charge in [-0.3, -0.25) is 4.90 Å². The van der Waals surface area contributed by atoms with Gasteiger partial charge in [0, 0.05) is 36.2 Å². The molecule has 1 aromatic carbocycles. The van der Waals surface area contributed by atoms with E-state index in [-0.39, 0.29) is 18.2 Å². The van der Waals surface area contributed by atoms with Crippen LogP contribution < -0.4 is 5.32 Å². The summed E-state index contributed by atoms with van der Waals surface area (Å²) in [4.78, 5) is 2.00. The van der Waals surface area contributed by atoms with Crippen LogP contribution in [0.25, 0.3) is 0 Å². The summed E-state index contributed by atoms with van der Waals surface area (Å²) < 4.78 is 28.3.